The predicted molar refractivity (Wildman–Crippen MR) is 71.2 cm³/mol. The second-order valence-corrected chi connectivity index (χ2v) is 5.29. The van der Waals surface area contributed by atoms with E-state index in [0.717, 1.165) is 5.69 Å². The van der Waals surface area contributed by atoms with Crippen molar-refractivity contribution in [3.63, 3.8) is 0 Å². The third-order valence-electron chi connectivity index (χ3n) is 3.14. The Kier molecular flexibility index (Phi) is 3.10. The van der Waals surface area contributed by atoms with Gasteiger partial charge in [0.15, 0.2) is 0 Å². The predicted octanol–water partition coefficient (Wildman–Crippen LogP) is 2.28. The summed E-state index contributed by atoms with van der Waals surface area (Å²) >= 11 is 9.57. The van der Waals surface area contributed by atoms with E-state index in [1.807, 2.05) is 12.1 Å². The Morgan fingerprint density at radius 2 is 2.11 bits per heavy atom. The number of ether oxygens (including phenoxy) is 2. The molecule has 6 heteroatoms. The molecule has 0 radical (unpaired) electrons. The number of alkyl halides is 1. The second-order valence-electron chi connectivity index (χ2n) is 4.09. The van der Waals surface area contributed by atoms with Crippen molar-refractivity contribution >= 4 is 39.1 Å². The van der Waals surface area contributed by atoms with Crippen molar-refractivity contribution in [2.24, 2.45) is 0 Å². The minimum atomic E-state index is -1.32. The molecule has 4 nitrogen and oxygen atoms in total. The first kappa shape index (κ1) is 12.4. The third-order valence-corrected chi connectivity index (χ3v) is 3.81. The fourth-order valence-electron chi connectivity index (χ4n) is 2.44. The summed E-state index contributed by atoms with van der Waals surface area (Å²) in [6.07, 6.45) is 0. The van der Waals surface area contributed by atoms with Crippen molar-refractivity contribution < 1.29 is 14.3 Å². The van der Waals surface area contributed by atoms with E-state index in [1.54, 1.807) is 11.0 Å². The fourth-order valence-corrected chi connectivity index (χ4v) is 3.09. The van der Waals surface area contributed by atoms with Crippen LogP contribution in [0.25, 0.3) is 0 Å². The van der Waals surface area contributed by atoms with E-state index in [1.165, 1.54) is 0 Å². The molecular weight excluding hydrogens is 321 g/mol. The molecule has 2 aliphatic rings. The molecule has 2 heterocycles. The van der Waals surface area contributed by atoms with Crippen LogP contribution in [0.5, 0.6) is 0 Å². The van der Waals surface area contributed by atoms with Crippen LogP contribution in [0.4, 0.5) is 5.69 Å². The molecule has 0 aromatic heterocycles. The zero-order chi connectivity index (χ0) is 12.8. The normalized spacial score (nSPS) is 20.8. The Bertz CT molecular complexity index is 502. The Morgan fingerprint density at radius 1 is 1.39 bits per heavy atom. The summed E-state index contributed by atoms with van der Waals surface area (Å²) in [4.78, 5) is 14.2. The lowest BCUT2D eigenvalue weighted by molar-refractivity contribution is -0.180. The highest BCUT2D eigenvalue weighted by atomic mass is 79.9. The van der Waals surface area contributed by atoms with Crippen LogP contribution in [0.1, 0.15) is 5.56 Å². The van der Waals surface area contributed by atoms with Crippen LogP contribution in [-0.4, -0.2) is 31.0 Å². The molecule has 1 amide bonds. The molecule has 1 fully saturated rings. The van der Waals surface area contributed by atoms with Crippen LogP contribution in [0.2, 0.25) is 5.02 Å². The number of hydrogen-bond acceptors (Lipinski definition) is 3. The quantitative estimate of drug-likeness (QED) is 0.780. The molecule has 1 spiro atoms. The van der Waals surface area contributed by atoms with Gasteiger partial charge in [-0.15, -0.1) is 0 Å². The number of halogens is 2. The molecule has 0 unspecified atom stereocenters. The number of carbonyl (C=O) groups excluding carboxylic acids is 1. The topological polar surface area (TPSA) is 38.8 Å². The number of amides is 1. The molecule has 96 valence electrons. The lowest BCUT2D eigenvalue weighted by Crippen LogP contribution is -2.42. The Labute approximate surface area is 118 Å². The molecule has 3 rings (SSSR count). The lowest BCUT2D eigenvalue weighted by Gasteiger charge is -2.21. The van der Waals surface area contributed by atoms with E-state index in [0.29, 0.717) is 35.7 Å². The van der Waals surface area contributed by atoms with Crippen molar-refractivity contribution in [1.82, 2.24) is 0 Å². The average molecular weight is 333 g/mol. The molecule has 1 aromatic carbocycles. The monoisotopic (exact) mass is 331 g/mol. The van der Waals surface area contributed by atoms with Gasteiger partial charge < -0.3 is 14.4 Å². The number of carbonyl (C=O) groups is 1. The van der Waals surface area contributed by atoms with Crippen molar-refractivity contribution in [3.05, 3.63) is 28.8 Å². The van der Waals surface area contributed by atoms with Crippen LogP contribution in [0, 0.1) is 0 Å². The first-order valence-electron chi connectivity index (χ1n) is 5.65. The zero-order valence-corrected chi connectivity index (χ0v) is 11.8. The van der Waals surface area contributed by atoms with E-state index in [4.69, 9.17) is 21.1 Å². The Hall–Kier alpha value is -0.620. The van der Waals surface area contributed by atoms with E-state index in [9.17, 15) is 4.79 Å². The van der Waals surface area contributed by atoms with Crippen LogP contribution < -0.4 is 4.90 Å². The number of anilines is 1. The number of fused-ring (bicyclic) bond motifs is 2. The highest BCUT2D eigenvalue weighted by Crippen LogP contribution is 2.48. The summed E-state index contributed by atoms with van der Waals surface area (Å²) in [6.45, 7) is 1.36. The number of nitrogens with zero attached hydrogens (tertiary/aromatic N) is 1. The molecule has 18 heavy (non-hydrogen) atoms. The molecule has 1 saturated heterocycles. The van der Waals surface area contributed by atoms with Gasteiger partial charge in [0.2, 0.25) is 0 Å². The molecule has 0 N–H and O–H groups in total. The number of rotatable bonds is 2. The van der Waals surface area contributed by atoms with Crippen LogP contribution in [0.3, 0.4) is 0 Å². The van der Waals surface area contributed by atoms with E-state index in [-0.39, 0.29) is 5.91 Å². The van der Waals surface area contributed by atoms with Crippen LogP contribution in [-0.2, 0) is 20.1 Å². The maximum absolute atomic E-state index is 12.5. The number of hydrogen-bond donors (Lipinski definition) is 0. The summed E-state index contributed by atoms with van der Waals surface area (Å²) in [5.74, 6) is -1.52. The first-order valence-corrected chi connectivity index (χ1v) is 7.15. The minimum Gasteiger partial charge on any atom is -0.336 e. The Balaban J connectivity index is 2.18. The molecule has 0 saturated carbocycles. The minimum absolute atomic E-state index is 0.192. The smallest absolute Gasteiger partial charge is 0.292 e. The van der Waals surface area contributed by atoms with Gasteiger partial charge in [-0.1, -0.05) is 33.6 Å². The molecule has 0 bridgehead atoms. The van der Waals surface area contributed by atoms with E-state index < -0.39 is 5.79 Å². The summed E-state index contributed by atoms with van der Waals surface area (Å²) in [7, 11) is 0. The molecule has 1 aromatic rings. The zero-order valence-electron chi connectivity index (χ0n) is 9.49. The summed E-state index contributed by atoms with van der Waals surface area (Å²) < 4.78 is 11.2. The van der Waals surface area contributed by atoms with Gasteiger partial charge >= 0.3 is 0 Å². The van der Waals surface area contributed by atoms with Crippen molar-refractivity contribution in [1.29, 1.82) is 0 Å². The standard InChI is InChI=1S/C12H11BrClNO3/c13-4-5-15-9-3-1-2-8(14)10(9)12(11(15)16)17-6-7-18-12/h1-3H,4-7H2. The highest BCUT2D eigenvalue weighted by molar-refractivity contribution is 9.09. The maximum atomic E-state index is 12.5. The van der Waals surface area contributed by atoms with E-state index in [2.05, 4.69) is 15.9 Å². The summed E-state index contributed by atoms with van der Waals surface area (Å²) in [6, 6.07) is 5.43. The SMILES string of the molecule is O=C1N(CCBr)c2cccc(Cl)c2C12OCCO2. The van der Waals surface area contributed by atoms with E-state index >= 15 is 0 Å². The summed E-state index contributed by atoms with van der Waals surface area (Å²) in [5.41, 5.74) is 1.41. The first-order chi connectivity index (χ1) is 8.70. The average Bonchev–Trinajstić information content (AvgIpc) is 2.92. The summed E-state index contributed by atoms with van der Waals surface area (Å²) in [5, 5.41) is 1.18. The number of benzene rings is 1. The van der Waals surface area contributed by atoms with Gasteiger partial charge in [0.1, 0.15) is 0 Å². The maximum Gasteiger partial charge on any atom is 0.292 e. The molecule has 2 aliphatic heterocycles. The van der Waals surface area contributed by atoms with Gasteiger partial charge in [0, 0.05) is 11.9 Å². The lowest BCUT2D eigenvalue weighted by atomic mass is 10.1. The van der Waals surface area contributed by atoms with Crippen LogP contribution in [0.15, 0.2) is 18.2 Å². The Morgan fingerprint density at radius 3 is 2.78 bits per heavy atom. The van der Waals surface area contributed by atoms with Gasteiger partial charge in [-0.2, -0.15) is 0 Å². The molecule has 0 atom stereocenters. The molecule has 0 aliphatic carbocycles. The largest absolute Gasteiger partial charge is 0.336 e. The van der Waals surface area contributed by atoms with Gasteiger partial charge in [-0.3, -0.25) is 4.79 Å². The van der Waals surface area contributed by atoms with Gasteiger partial charge in [-0.05, 0) is 12.1 Å². The van der Waals surface area contributed by atoms with Gasteiger partial charge in [0.25, 0.3) is 11.7 Å². The highest BCUT2D eigenvalue weighted by Gasteiger charge is 2.56. The van der Waals surface area contributed by atoms with Gasteiger partial charge in [0.05, 0.1) is 29.5 Å². The van der Waals surface area contributed by atoms with Crippen molar-refractivity contribution in [3.8, 4) is 0 Å². The van der Waals surface area contributed by atoms with Crippen LogP contribution >= 0.6 is 27.5 Å². The van der Waals surface area contributed by atoms with Gasteiger partial charge in [-0.25, -0.2) is 0 Å². The van der Waals surface area contributed by atoms with Crippen molar-refractivity contribution in [2.75, 3.05) is 30.0 Å². The van der Waals surface area contributed by atoms with Crippen molar-refractivity contribution in [2.45, 2.75) is 5.79 Å². The molecular formula is C12H11BrClNO3. The fraction of sp³-hybridized carbons (Fsp3) is 0.417. The second kappa shape index (κ2) is 4.49. The third kappa shape index (κ3) is 1.54.